The maximum absolute atomic E-state index is 13.4. The van der Waals surface area contributed by atoms with Gasteiger partial charge < -0.3 is 20.1 Å². The van der Waals surface area contributed by atoms with Crippen molar-refractivity contribution in [2.45, 2.75) is 19.9 Å². The molecule has 1 heterocycles. The van der Waals surface area contributed by atoms with E-state index in [2.05, 4.69) is 10.6 Å². The SMILES string of the molecule is CC.COCC1=C(C(=O)OC)C(c2ccc(F)c(F)c2)NC(=O)N1. The average Bonchev–Trinajstić information content (AvgIpc) is 2.58. The van der Waals surface area contributed by atoms with Crippen LogP contribution in [-0.4, -0.2) is 32.8 Å². The zero-order valence-corrected chi connectivity index (χ0v) is 13.9. The lowest BCUT2D eigenvalue weighted by molar-refractivity contribution is -0.136. The number of nitrogens with one attached hydrogen (secondary N) is 2. The molecule has 1 aromatic carbocycles. The van der Waals surface area contributed by atoms with E-state index in [1.54, 1.807) is 0 Å². The van der Waals surface area contributed by atoms with Crippen LogP contribution < -0.4 is 10.6 Å². The molecule has 1 atom stereocenters. The van der Waals surface area contributed by atoms with Gasteiger partial charge in [-0.25, -0.2) is 18.4 Å². The van der Waals surface area contributed by atoms with Gasteiger partial charge >= 0.3 is 12.0 Å². The van der Waals surface area contributed by atoms with E-state index >= 15 is 0 Å². The lowest BCUT2D eigenvalue weighted by Crippen LogP contribution is -2.46. The Labute approximate surface area is 138 Å². The third-order valence-corrected chi connectivity index (χ3v) is 3.12. The zero-order valence-electron chi connectivity index (χ0n) is 13.9. The van der Waals surface area contributed by atoms with Crippen molar-refractivity contribution in [2.24, 2.45) is 0 Å². The Morgan fingerprint density at radius 3 is 2.42 bits per heavy atom. The third-order valence-electron chi connectivity index (χ3n) is 3.12. The highest BCUT2D eigenvalue weighted by atomic mass is 19.2. The standard InChI is InChI=1S/C14H14F2N2O4.C2H6/c1-21-6-10-11(13(19)22-2)12(18-14(20)17-10)7-3-4-8(15)9(16)5-7;1-2/h3-5,12H,6H2,1-2H3,(H2,17,18,20);1-2H3. The number of urea groups is 1. The molecule has 1 aliphatic heterocycles. The Hall–Kier alpha value is -2.48. The second-order valence-electron chi connectivity index (χ2n) is 4.52. The molecule has 132 valence electrons. The predicted octanol–water partition coefficient (Wildman–Crippen LogP) is 2.42. The van der Waals surface area contributed by atoms with Gasteiger partial charge in [0.2, 0.25) is 0 Å². The van der Waals surface area contributed by atoms with Gasteiger partial charge in [0.25, 0.3) is 0 Å². The number of halogens is 2. The van der Waals surface area contributed by atoms with Gasteiger partial charge in [0, 0.05) is 7.11 Å². The highest BCUT2D eigenvalue weighted by Crippen LogP contribution is 2.28. The topological polar surface area (TPSA) is 76.7 Å². The van der Waals surface area contributed by atoms with Crippen molar-refractivity contribution in [3.8, 4) is 0 Å². The van der Waals surface area contributed by atoms with Gasteiger partial charge in [0.1, 0.15) is 0 Å². The Morgan fingerprint density at radius 2 is 1.88 bits per heavy atom. The van der Waals surface area contributed by atoms with Crippen LogP contribution in [0, 0.1) is 11.6 Å². The van der Waals surface area contributed by atoms with Gasteiger partial charge in [-0.3, -0.25) is 0 Å². The molecule has 2 rings (SSSR count). The Morgan fingerprint density at radius 1 is 1.21 bits per heavy atom. The molecule has 0 radical (unpaired) electrons. The number of hydrogen-bond donors (Lipinski definition) is 2. The lowest BCUT2D eigenvalue weighted by Gasteiger charge is -2.28. The van der Waals surface area contributed by atoms with Crippen LogP contribution in [0.25, 0.3) is 0 Å². The summed E-state index contributed by atoms with van der Waals surface area (Å²) in [6.45, 7) is 3.96. The first kappa shape index (κ1) is 19.6. The fourth-order valence-electron chi connectivity index (χ4n) is 2.17. The first-order valence-electron chi connectivity index (χ1n) is 7.30. The Bertz CT molecular complexity index is 647. The number of hydrogen-bond acceptors (Lipinski definition) is 4. The van der Waals surface area contributed by atoms with Crippen LogP contribution in [0.5, 0.6) is 0 Å². The minimum Gasteiger partial charge on any atom is -0.466 e. The molecule has 0 saturated carbocycles. The van der Waals surface area contributed by atoms with Gasteiger partial charge in [-0.2, -0.15) is 0 Å². The minimum atomic E-state index is -1.08. The number of ether oxygens (including phenoxy) is 2. The monoisotopic (exact) mass is 342 g/mol. The van der Waals surface area contributed by atoms with Gasteiger partial charge in [-0.05, 0) is 17.7 Å². The minimum absolute atomic E-state index is 0.0436. The van der Waals surface area contributed by atoms with Crippen molar-refractivity contribution in [1.82, 2.24) is 10.6 Å². The molecule has 0 bridgehead atoms. The molecule has 0 spiro atoms. The van der Waals surface area contributed by atoms with Crippen LogP contribution in [0.4, 0.5) is 13.6 Å². The maximum Gasteiger partial charge on any atom is 0.338 e. The molecule has 24 heavy (non-hydrogen) atoms. The highest BCUT2D eigenvalue weighted by molar-refractivity contribution is 5.95. The number of rotatable bonds is 4. The molecule has 8 heteroatoms. The highest BCUT2D eigenvalue weighted by Gasteiger charge is 2.33. The van der Waals surface area contributed by atoms with E-state index < -0.39 is 29.7 Å². The number of carbonyl (C=O) groups excluding carboxylic acids is 2. The predicted molar refractivity (Wildman–Crippen MR) is 83.0 cm³/mol. The van der Waals surface area contributed by atoms with Crippen molar-refractivity contribution >= 4 is 12.0 Å². The summed E-state index contributed by atoms with van der Waals surface area (Å²) >= 11 is 0. The zero-order chi connectivity index (χ0) is 18.3. The van der Waals surface area contributed by atoms with Gasteiger partial charge in [0.05, 0.1) is 31.0 Å². The maximum atomic E-state index is 13.4. The molecular weight excluding hydrogens is 322 g/mol. The number of benzene rings is 1. The van der Waals surface area contributed by atoms with E-state index in [9.17, 15) is 18.4 Å². The summed E-state index contributed by atoms with van der Waals surface area (Å²) in [6.07, 6.45) is 0. The van der Waals surface area contributed by atoms with Crippen molar-refractivity contribution in [3.63, 3.8) is 0 Å². The number of carbonyl (C=O) groups is 2. The molecule has 6 nitrogen and oxygen atoms in total. The summed E-state index contributed by atoms with van der Waals surface area (Å²) in [5.41, 5.74) is 0.477. The molecular formula is C16H20F2N2O4. The molecule has 2 amide bonds. The van der Waals surface area contributed by atoms with Crippen molar-refractivity contribution in [2.75, 3.05) is 20.8 Å². The van der Waals surface area contributed by atoms with Crippen LogP contribution in [-0.2, 0) is 14.3 Å². The van der Waals surface area contributed by atoms with E-state index in [0.717, 1.165) is 12.1 Å². The average molecular weight is 342 g/mol. The van der Waals surface area contributed by atoms with Crippen molar-refractivity contribution in [3.05, 3.63) is 46.7 Å². The molecule has 0 saturated heterocycles. The summed E-state index contributed by atoms with van der Waals surface area (Å²) in [5, 5.41) is 4.92. The first-order chi connectivity index (χ1) is 11.5. The number of methoxy groups -OCH3 is 2. The van der Waals surface area contributed by atoms with E-state index in [1.807, 2.05) is 13.8 Å². The van der Waals surface area contributed by atoms with Crippen molar-refractivity contribution < 1.29 is 27.8 Å². The quantitative estimate of drug-likeness (QED) is 0.824. The van der Waals surface area contributed by atoms with Gasteiger partial charge in [-0.15, -0.1) is 0 Å². The summed E-state index contributed by atoms with van der Waals surface area (Å²) in [4.78, 5) is 23.7. The normalized spacial score (nSPS) is 16.6. The van der Waals surface area contributed by atoms with Gasteiger partial charge in [-0.1, -0.05) is 19.9 Å². The summed E-state index contributed by atoms with van der Waals surface area (Å²) < 4.78 is 36.1. The Balaban J connectivity index is 0.00000139. The molecule has 1 aromatic rings. The van der Waals surface area contributed by atoms with Crippen LogP contribution in [0.1, 0.15) is 25.5 Å². The smallest absolute Gasteiger partial charge is 0.338 e. The van der Waals surface area contributed by atoms with E-state index in [0.29, 0.717) is 0 Å². The summed E-state index contributed by atoms with van der Waals surface area (Å²) in [7, 11) is 2.57. The fourth-order valence-corrected chi connectivity index (χ4v) is 2.17. The fraction of sp³-hybridized carbons (Fsp3) is 0.375. The first-order valence-corrected chi connectivity index (χ1v) is 7.30. The largest absolute Gasteiger partial charge is 0.466 e. The van der Waals surface area contributed by atoms with Crippen LogP contribution in [0.2, 0.25) is 0 Å². The van der Waals surface area contributed by atoms with Crippen molar-refractivity contribution in [1.29, 1.82) is 0 Å². The number of esters is 1. The van der Waals surface area contributed by atoms with Crippen LogP contribution in [0.3, 0.4) is 0 Å². The molecule has 0 aromatic heterocycles. The lowest BCUT2D eigenvalue weighted by atomic mass is 9.95. The van der Waals surface area contributed by atoms with E-state index in [1.165, 1.54) is 20.3 Å². The van der Waals surface area contributed by atoms with Crippen LogP contribution >= 0.6 is 0 Å². The summed E-state index contributed by atoms with van der Waals surface area (Å²) in [6, 6.07) is 1.56. The molecule has 0 fully saturated rings. The summed E-state index contributed by atoms with van der Waals surface area (Å²) in [5.74, 6) is -2.82. The Kier molecular flexibility index (Phi) is 7.31. The van der Waals surface area contributed by atoms with Crippen LogP contribution in [0.15, 0.2) is 29.5 Å². The molecule has 1 unspecified atom stereocenters. The van der Waals surface area contributed by atoms with E-state index in [4.69, 9.17) is 9.47 Å². The third kappa shape index (κ3) is 4.29. The second kappa shape index (κ2) is 8.97. The molecule has 1 aliphatic rings. The number of amides is 2. The molecule has 2 N–H and O–H groups in total. The van der Waals surface area contributed by atoms with Gasteiger partial charge in [0.15, 0.2) is 11.6 Å². The molecule has 0 aliphatic carbocycles. The van der Waals surface area contributed by atoms with E-state index in [-0.39, 0.29) is 23.4 Å². The second-order valence-corrected chi connectivity index (χ2v) is 4.52.